The first-order chi connectivity index (χ1) is 9.99. The van der Waals surface area contributed by atoms with Crippen LogP contribution in [0.2, 0.25) is 0 Å². The Morgan fingerprint density at radius 1 is 1.38 bits per heavy atom. The Bertz CT molecular complexity index is 724. The van der Waals surface area contributed by atoms with Crippen molar-refractivity contribution >= 4 is 21.9 Å². The van der Waals surface area contributed by atoms with Crippen LogP contribution in [0.3, 0.4) is 0 Å². The summed E-state index contributed by atoms with van der Waals surface area (Å²) in [6.07, 6.45) is 1.66. The molecule has 1 aromatic carbocycles. The van der Waals surface area contributed by atoms with Gasteiger partial charge < -0.3 is 14.4 Å². The third-order valence-corrected chi connectivity index (χ3v) is 3.41. The van der Waals surface area contributed by atoms with Crippen LogP contribution in [-0.2, 0) is 6.54 Å². The van der Waals surface area contributed by atoms with Crippen molar-refractivity contribution in [1.82, 2.24) is 4.57 Å². The van der Waals surface area contributed by atoms with Crippen molar-refractivity contribution in [2.24, 2.45) is 0 Å². The summed E-state index contributed by atoms with van der Waals surface area (Å²) in [5.41, 5.74) is 0.705. The number of aromatic nitrogens is 1. The van der Waals surface area contributed by atoms with Gasteiger partial charge in [-0.25, -0.2) is 4.79 Å². The molecule has 0 fully saturated rings. The van der Waals surface area contributed by atoms with E-state index < -0.39 is 5.97 Å². The number of benzene rings is 1. The number of carboxylic acid groups (broad SMARTS) is 1. The van der Waals surface area contributed by atoms with Gasteiger partial charge in [-0.2, -0.15) is 0 Å². The molecule has 0 saturated carbocycles. The minimum Gasteiger partial charge on any atom is -0.491 e. The highest BCUT2D eigenvalue weighted by Gasteiger charge is 2.15. The molecule has 0 atom stereocenters. The summed E-state index contributed by atoms with van der Waals surface area (Å²) in [4.78, 5) is 22.8. The number of pyridine rings is 1. The van der Waals surface area contributed by atoms with Crippen molar-refractivity contribution in [3.8, 4) is 5.75 Å². The molecular formula is C15H14BrNO4. The molecule has 0 radical (unpaired) electrons. The molecule has 2 rings (SSSR count). The normalized spacial score (nSPS) is 10.4. The lowest BCUT2D eigenvalue weighted by Gasteiger charge is -2.13. The summed E-state index contributed by atoms with van der Waals surface area (Å²) in [6, 6.07) is 8.18. The summed E-state index contributed by atoms with van der Waals surface area (Å²) < 4.78 is 7.77. The van der Waals surface area contributed by atoms with E-state index >= 15 is 0 Å². The number of carboxylic acids is 1. The van der Waals surface area contributed by atoms with Gasteiger partial charge >= 0.3 is 5.97 Å². The highest BCUT2D eigenvalue weighted by atomic mass is 79.9. The SMILES string of the molecule is Cc1cc(Br)cc(C(=O)O)c1OCCn1ccccc1=O. The van der Waals surface area contributed by atoms with Crippen LogP contribution >= 0.6 is 15.9 Å². The first-order valence-electron chi connectivity index (χ1n) is 6.31. The number of aromatic carboxylic acids is 1. The van der Waals surface area contributed by atoms with E-state index in [0.717, 1.165) is 5.56 Å². The standard InChI is InChI=1S/C15H14BrNO4/c1-10-8-11(16)9-12(15(19)20)14(10)21-7-6-17-5-3-2-4-13(17)18/h2-5,8-9H,6-7H2,1H3,(H,19,20). The molecule has 0 aliphatic carbocycles. The van der Waals surface area contributed by atoms with E-state index in [-0.39, 0.29) is 17.7 Å². The maximum atomic E-state index is 11.6. The summed E-state index contributed by atoms with van der Waals surface area (Å²) in [5.74, 6) is -0.721. The van der Waals surface area contributed by atoms with Gasteiger partial charge in [0.15, 0.2) is 0 Å². The highest BCUT2D eigenvalue weighted by Crippen LogP contribution is 2.28. The first-order valence-corrected chi connectivity index (χ1v) is 7.10. The zero-order chi connectivity index (χ0) is 15.4. The maximum Gasteiger partial charge on any atom is 0.339 e. The second-order valence-electron chi connectivity index (χ2n) is 4.49. The third kappa shape index (κ3) is 3.72. The van der Waals surface area contributed by atoms with Gasteiger partial charge in [-0.1, -0.05) is 22.0 Å². The van der Waals surface area contributed by atoms with E-state index in [0.29, 0.717) is 16.8 Å². The number of aryl methyl sites for hydroxylation is 1. The zero-order valence-electron chi connectivity index (χ0n) is 11.4. The summed E-state index contributed by atoms with van der Waals surface area (Å²) in [5, 5.41) is 9.22. The van der Waals surface area contributed by atoms with Gasteiger partial charge in [-0.05, 0) is 30.7 Å². The van der Waals surface area contributed by atoms with Crippen LogP contribution in [0.25, 0.3) is 0 Å². The Labute approximate surface area is 129 Å². The smallest absolute Gasteiger partial charge is 0.339 e. The average Bonchev–Trinajstić information content (AvgIpc) is 2.42. The molecule has 0 saturated heterocycles. The molecule has 1 N–H and O–H groups in total. The van der Waals surface area contributed by atoms with E-state index in [4.69, 9.17) is 4.74 Å². The fourth-order valence-corrected chi connectivity index (χ4v) is 2.54. The first kappa shape index (κ1) is 15.3. The second-order valence-corrected chi connectivity index (χ2v) is 5.40. The Hall–Kier alpha value is -2.08. The van der Waals surface area contributed by atoms with Gasteiger partial charge in [-0.15, -0.1) is 0 Å². The minimum atomic E-state index is -1.05. The zero-order valence-corrected chi connectivity index (χ0v) is 13.0. The van der Waals surface area contributed by atoms with Crippen LogP contribution in [-0.4, -0.2) is 22.2 Å². The number of hydrogen-bond donors (Lipinski definition) is 1. The molecule has 1 aromatic heterocycles. The number of nitrogens with zero attached hydrogens (tertiary/aromatic N) is 1. The quantitative estimate of drug-likeness (QED) is 0.899. The van der Waals surface area contributed by atoms with Crippen molar-refractivity contribution < 1.29 is 14.6 Å². The van der Waals surface area contributed by atoms with Crippen molar-refractivity contribution in [3.05, 3.63) is 62.5 Å². The predicted molar refractivity (Wildman–Crippen MR) is 82.0 cm³/mol. The average molecular weight is 352 g/mol. The molecule has 0 aliphatic rings. The number of rotatable bonds is 5. The molecule has 0 spiro atoms. The van der Waals surface area contributed by atoms with Crippen LogP contribution in [0.15, 0.2) is 45.8 Å². The van der Waals surface area contributed by atoms with E-state index in [1.165, 1.54) is 16.7 Å². The fraction of sp³-hybridized carbons (Fsp3) is 0.200. The lowest BCUT2D eigenvalue weighted by Crippen LogP contribution is -2.21. The fourth-order valence-electron chi connectivity index (χ4n) is 1.97. The minimum absolute atomic E-state index is 0.0993. The molecule has 0 amide bonds. The maximum absolute atomic E-state index is 11.6. The van der Waals surface area contributed by atoms with Gasteiger partial charge in [0, 0.05) is 16.7 Å². The van der Waals surface area contributed by atoms with E-state index in [9.17, 15) is 14.7 Å². The molecule has 6 heteroatoms. The Balaban J connectivity index is 2.15. The van der Waals surface area contributed by atoms with E-state index in [1.807, 2.05) is 0 Å². The molecule has 21 heavy (non-hydrogen) atoms. The molecule has 0 unspecified atom stereocenters. The molecule has 0 aliphatic heterocycles. The topological polar surface area (TPSA) is 68.5 Å². The molecular weight excluding hydrogens is 338 g/mol. The molecule has 5 nitrogen and oxygen atoms in total. The Kier molecular flexibility index (Phi) is 4.80. The third-order valence-electron chi connectivity index (χ3n) is 2.95. The summed E-state index contributed by atoms with van der Waals surface area (Å²) in [7, 11) is 0. The highest BCUT2D eigenvalue weighted by molar-refractivity contribution is 9.10. The molecule has 2 aromatic rings. The number of halogens is 1. The van der Waals surface area contributed by atoms with Crippen molar-refractivity contribution in [3.63, 3.8) is 0 Å². The van der Waals surface area contributed by atoms with Crippen LogP contribution in [0.5, 0.6) is 5.75 Å². The molecule has 1 heterocycles. The predicted octanol–water partition coefficient (Wildman–Crippen LogP) is 2.70. The number of carbonyl (C=O) groups is 1. The van der Waals surface area contributed by atoms with Crippen LogP contribution < -0.4 is 10.3 Å². The van der Waals surface area contributed by atoms with Crippen molar-refractivity contribution in [1.29, 1.82) is 0 Å². The lowest BCUT2D eigenvalue weighted by molar-refractivity contribution is 0.0691. The van der Waals surface area contributed by atoms with E-state index in [2.05, 4.69) is 15.9 Å². The monoisotopic (exact) mass is 351 g/mol. The van der Waals surface area contributed by atoms with Crippen LogP contribution in [0, 0.1) is 6.92 Å². The summed E-state index contributed by atoms with van der Waals surface area (Å²) >= 11 is 3.27. The summed E-state index contributed by atoms with van der Waals surface area (Å²) in [6.45, 7) is 2.35. The number of ether oxygens (including phenoxy) is 1. The van der Waals surface area contributed by atoms with Crippen molar-refractivity contribution in [2.75, 3.05) is 6.61 Å². The van der Waals surface area contributed by atoms with Gasteiger partial charge in [0.2, 0.25) is 0 Å². The van der Waals surface area contributed by atoms with Crippen molar-refractivity contribution in [2.45, 2.75) is 13.5 Å². The van der Waals surface area contributed by atoms with Gasteiger partial charge in [0.25, 0.3) is 5.56 Å². The number of hydrogen-bond acceptors (Lipinski definition) is 3. The molecule has 0 bridgehead atoms. The van der Waals surface area contributed by atoms with Gasteiger partial charge in [0.05, 0.1) is 6.54 Å². The van der Waals surface area contributed by atoms with Crippen LogP contribution in [0.1, 0.15) is 15.9 Å². The van der Waals surface area contributed by atoms with Gasteiger partial charge in [0.1, 0.15) is 17.9 Å². The van der Waals surface area contributed by atoms with E-state index in [1.54, 1.807) is 31.3 Å². The molecule has 110 valence electrons. The Morgan fingerprint density at radius 2 is 2.14 bits per heavy atom. The Morgan fingerprint density at radius 3 is 2.81 bits per heavy atom. The van der Waals surface area contributed by atoms with Crippen LogP contribution in [0.4, 0.5) is 0 Å². The second kappa shape index (κ2) is 6.58. The lowest BCUT2D eigenvalue weighted by atomic mass is 10.1. The largest absolute Gasteiger partial charge is 0.491 e. The van der Waals surface area contributed by atoms with Gasteiger partial charge in [-0.3, -0.25) is 4.79 Å².